The molecule has 0 fully saturated rings. The SMILES string of the molecule is C.C=Cc1c(O)c2c(c(C)c1OC)COC2=O. The highest BCUT2D eigenvalue weighted by Crippen LogP contribution is 2.41. The predicted molar refractivity (Wildman–Crippen MR) is 65.3 cm³/mol. The summed E-state index contributed by atoms with van der Waals surface area (Å²) in [4.78, 5) is 11.4. The van der Waals surface area contributed by atoms with Crippen LogP contribution in [0.2, 0.25) is 0 Å². The smallest absolute Gasteiger partial charge is 0.342 e. The Kier molecular flexibility index (Phi) is 3.46. The lowest BCUT2D eigenvalue weighted by atomic mass is 9.97. The summed E-state index contributed by atoms with van der Waals surface area (Å²) in [6, 6.07) is 0. The van der Waals surface area contributed by atoms with E-state index in [1.54, 1.807) is 0 Å². The first-order valence-corrected chi connectivity index (χ1v) is 4.83. The number of hydrogen-bond acceptors (Lipinski definition) is 4. The minimum absolute atomic E-state index is 0. The molecule has 1 aromatic carbocycles. The summed E-state index contributed by atoms with van der Waals surface area (Å²) in [5.74, 6) is -0.0825. The van der Waals surface area contributed by atoms with Crippen molar-refractivity contribution in [2.75, 3.05) is 7.11 Å². The molecule has 0 amide bonds. The molecule has 17 heavy (non-hydrogen) atoms. The summed E-state index contributed by atoms with van der Waals surface area (Å²) in [5, 5.41) is 9.96. The van der Waals surface area contributed by atoms with Gasteiger partial charge in [-0.2, -0.15) is 0 Å². The van der Waals surface area contributed by atoms with E-state index in [0.29, 0.717) is 16.9 Å². The maximum atomic E-state index is 11.4. The molecule has 0 bridgehead atoms. The van der Waals surface area contributed by atoms with Crippen LogP contribution in [0.1, 0.15) is 34.5 Å². The zero-order chi connectivity index (χ0) is 11.9. The van der Waals surface area contributed by atoms with Crippen LogP contribution in [0.15, 0.2) is 6.58 Å². The molecule has 1 aromatic rings. The second-order valence-electron chi connectivity index (χ2n) is 3.55. The number of cyclic esters (lactones) is 1. The van der Waals surface area contributed by atoms with E-state index < -0.39 is 5.97 Å². The van der Waals surface area contributed by atoms with Crippen molar-refractivity contribution in [3.05, 3.63) is 28.8 Å². The monoisotopic (exact) mass is 236 g/mol. The Morgan fingerprint density at radius 1 is 1.53 bits per heavy atom. The van der Waals surface area contributed by atoms with Crippen molar-refractivity contribution >= 4 is 12.0 Å². The number of methoxy groups -OCH3 is 1. The average Bonchev–Trinajstić information content (AvgIpc) is 2.65. The van der Waals surface area contributed by atoms with E-state index in [0.717, 1.165) is 5.56 Å². The fourth-order valence-electron chi connectivity index (χ4n) is 1.97. The number of carbonyl (C=O) groups excluding carboxylic acids is 1. The Balaban J connectivity index is 0.00000144. The summed E-state index contributed by atoms with van der Waals surface area (Å²) in [6.07, 6.45) is 1.47. The molecule has 92 valence electrons. The zero-order valence-corrected chi connectivity index (χ0v) is 9.16. The molecule has 1 aliphatic heterocycles. The number of phenols is 1. The molecule has 0 radical (unpaired) electrons. The standard InChI is InChI=1S/C12H12O4.CH4/c1-4-7-10(13)9-8(5-16-12(9)14)6(2)11(7)15-3;/h4,13H,1,5H2,2-3H3;1H4. The number of hydrogen-bond donors (Lipinski definition) is 1. The van der Waals surface area contributed by atoms with E-state index in [1.807, 2.05) is 6.92 Å². The van der Waals surface area contributed by atoms with Crippen LogP contribution in [0.4, 0.5) is 0 Å². The number of fused-ring (bicyclic) bond motifs is 1. The minimum atomic E-state index is -0.499. The van der Waals surface area contributed by atoms with Crippen LogP contribution >= 0.6 is 0 Å². The summed E-state index contributed by atoms with van der Waals surface area (Å²) in [7, 11) is 1.51. The largest absolute Gasteiger partial charge is 0.506 e. The summed E-state index contributed by atoms with van der Waals surface area (Å²) in [5.41, 5.74) is 2.15. The molecule has 0 aromatic heterocycles. The number of benzene rings is 1. The third kappa shape index (κ3) is 1.65. The van der Waals surface area contributed by atoms with Gasteiger partial charge in [-0.3, -0.25) is 0 Å². The van der Waals surface area contributed by atoms with E-state index in [2.05, 4.69) is 6.58 Å². The van der Waals surface area contributed by atoms with Crippen LogP contribution in [0.3, 0.4) is 0 Å². The molecule has 0 atom stereocenters. The second-order valence-corrected chi connectivity index (χ2v) is 3.55. The van der Waals surface area contributed by atoms with Gasteiger partial charge in [0.25, 0.3) is 0 Å². The van der Waals surface area contributed by atoms with Crippen LogP contribution in [0.25, 0.3) is 6.08 Å². The van der Waals surface area contributed by atoms with Gasteiger partial charge < -0.3 is 14.6 Å². The Hall–Kier alpha value is -1.97. The van der Waals surface area contributed by atoms with Crippen molar-refractivity contribution in [3.63, 3.8) is 0 Å². The van der Waals surface area contributed by atoms with Gasteiger partial charge in [0.1, 0.15) is 23.7 Å². The molecule has 4 heteroatoms. The predicted octanol–water partition coefficient (Wildman–Crippen LogP) is 2.66. The lowest BCUT2D eigenvalue weighted by Gasteiger charge is -2.13. The van der Waals surface area contributed by atoms with Crippen molar-refractivity contribution in [2.24, 2.45) is 0 Å². The van der Waals surface area contributed by atoms with Gasteiger partial charge in [0, 0.05) is 5.56 Å². The molecular formula is C13H16O4. The normalized spacial score (nSPS) is 12.5. The second kappa shape index (κ2) is 4.49. The molecular weight excluding hydrogens is 220 g/mol. The van der Waals surface area contributed by atoms with Gasteiger partial charge in [-0.05, 0) is 12.5 Å². The van der Waals surface area contributed by atoms with Gasteiger partial charge in [0.15, 0.2) is 0 Å². The lowest BCUT2D eigenvalue weighted by molar-refractivity contribution is 0.0533. The van der Waals surface area contributed by atoms with Crippen molar-refractivity contribution in [3.8, 4) is 11.5 Å². The van der Waals surface area contributed by atoms with Gasteiger partial charge in [0.05, 0.1) is 12.7 Å². The van der Waals surface area contributed by atoms with Crippen molar-refractivity contribution in [1.29, 1.82) is 0 Å². The minimum Gasteiger partial charge on any atom is -0.506 e. The first-order chi connectivity index (χ1) is 7.61. The number of esters is 1. The Bertz CT molecular complexity index is 485. The molecule has 4 nitrogen and oxygen atoms in total. The van der Waals surface area contributed by atoms with Gasteiger partial charge in [0.2, 0.25) is 0 Å². The van der Waals surface area contributed by atoms with Crippen LogP contribution in [-0.4, -0.2) is 18.2 Å². The van der Waals surface area contributed by atoms with Crippen LogP contribution in [0, 0.1) is 6.92 Å². The first kappa shape index (κ1) is 13.1. The maximum absolute atomic E-state index is 11.4. The van der Waals surface area contributed by atoms with Crippen LogP contribution < -0.4 is 4.74 Å². The van der Waals surface area contributed by atoms with E-state index in [-0.39, 0.29) is 25.3 Å². The van der Waals surface area contributed by atoms with Gasteiger partial charge in [-0.15, -0.1) is 0 Å². The highest BCUT2D eigenvalue weighted by molar-refractivity contribution is 5.99. The molecule has 0 aliphatic carbocycles. The third-order valence-electron chi connectivity index (χ3n) is 2.79. The van der Waals surface area contributed by atoms with E-state index >= 15 is 0 Å². The van der Waals surface area contributed by atoms with Crippen molar-refractivity contribution in [2.45, 2.75) is 21.0 Å². The van der Waals surface area contributed by atoms with E-state index in [9.17, 15) is 9.90 Å². The van der Waals surface area contributed by atoms with Crippen molar-refractivity contribution < 1.29 is 19.4 Å². The third-order valence-corrected chi connectivity index (χ3v) is 2.79. The van der Waals surface area contributed by atoms with Gasteiger partial charge >= 0.3 is 5.97 Å². The molecule has 0 spiro atoms. The summed E-state index contributed by atoms with van der Waals surface area (Å²) in [6.45, 7) is 5.61. The summed E-state index contributed by atoms with van der Waals surface area (Å²) < 4.78 is 10.1. The molecule has 0 saturated heterocycles. The molecule has 1 N–H and O–H groups in total. The number of ether oxygens (including phenoxy) is 2. The van der Waals surface area contributed by atoms with Gasteiger partial charge in [-0.25, -0.2) is 4.79 Å². The van der Waals surface area contributed by atoms with Crippen LogP contribution in [0.5, 0.6) is 11.5 Å². The molecule has 2 rings (SSSR count). The highest BCUT2D eigenvalue weighted by Gasteiger charge is 2.31. The number of phenolic OH excluding ortho intramolecular Hbond substituents is 1. The number of rotatable bonds is 2. The molecule has 1 aliphatic rings. The average molecular weight is 236 g/mol. The first-order valence-electron chi connectivity index (χ1n) is 4.83. The van der Waals surface area contributed by atoms with E-state index in [1.165, 1.54) is 13.2 Å². The zero-order valence-electron chi connectivity index (χ0n) is 9.16. The van der Waals surface area contributed by atoms with Gasteiger partial charge in [-0.1, -0.05) is 20.1 Å². The fraction of sp³-hybridized carbons (Fsp3) is 0.308. The number of carbonyl (C=O) groups is 1. The molecule has 0 unspecified atom stereocenters. The fourth-order valence-corrected chi connectivity index (χ4v) is 1.97. The Morgan fingerprint density at radius 2 is 2.18 bits per heavy atom. The lowest BCUT2D eigenvalue weighted by Crippen LogP contribution is -2.00. The Morgan fingerprint density at radius 3 is 2.71 bits per heavy atom. The highest BCUT2D eigenvalue weighted by atomic mass is 16.5. The number of aromatic hydroxyl groups is 1. The van der Waals surface area contributed by atoms with E-state index in [4.69, 9.17) is 9.47 Å². The Labute approximate surface area is 100 Å². The topological polar surface area (TPSA) is 55.8 Å². The maximum Gasteiger partial charge on any atom is 0.342 e. The quantitative estimate of drug-likeness (QED) is 0.802. The van der Waals surface area contributed by atoms with Crippen LogP contribution in [-0.2, 0) is 11.3 Å². The van der Waals surface area contributed by atoms with Crippen molar-refractivity contribution in [1.82, 2.24) is 0 Å². The summed E-state index contributed by atoms with van der Waals surface area (Å²) >= 11 is 0. The molecule has 1 heterocycles. The molecule has 0 saturated carbocycles.